The normalized spacial score (nSPS) is 17.2. The highest BCUT2D eigenvalue weighted by molar-refractivity contribution is 7.09. The van der Waals surface area contributed by atoms with Gasteiger partial charge in [0.2, 0.25) is 5.13 Å². The Bertz CT molecular complexity index is 933. The molecule has 0 atom stereocenters. The van der Waals surface area contributed by atoms with Crippen LogP contribution in [0, 0.1) is 5.92 Å². The number of carbonyl (C=O) groups is 2. The third-order valence-corrected chi connectivity index (χ3v) is 6.44. The van der Waals surface area contributed by atoms with Gasteiger partial charge in [0.1, 0.15) is 5.82 Å². The third-order valence-electron chi connectivity index (χ3n) is 5.80. The van der Waals surface area contributed by atoms with Gasteiger partial charge in [-0.2, -0.15) is 4.37 Å². The second-order valence-electron chi connectivity index (χ2n) is 8.37. The van der Waals surface area contributed by atoms with Crippen LogP contribution in [0.25, 0.3) is 0 Å². The summed E-state index contributed by atoms with van der Waals surface area (Å²) in [4.78, 5) is 32.5. The van der Waals surface area contributed by atoms with E-state index >= 15 is 0 Å². The average Bonchev–Trinajstić information content (AvgIpc) is 3.46. The van der Waals surface area contributed by atoms with E-state index in [0.29, 0.717) is 35.4 Å². The van der Waals surface area contributed by atoms with Crippen LogP contribution in [0.3, 0.4) is 0 Å². The number of rotatable bonds is 6. The molecule has 166 valence electrons. The molecular formula is C22H29N5O3S. The van der Waals surface area contributed by atoms with E-state index in [4.69, 9.17) is 4.74 Å². The summed E-state index contributed by atoms with van der Waals surface area (Å²) in [5.41, 5.74) is 2.09. The number of aromatic nitrogens is 2. The summed E-state index contributed by atoms with van der Waals surface area (Å²) in [7, 11) is 0. The zero-order valence-electron chi connectivity index (χ0n) is 18.0. The number of ketones is 1. The van der Waals surface area contributed by atoms with Crippen LogP contribution in [-0.4, -0.2) is 47.5 Å². The van der Waals surface area contributed by atoms with Gasteiger partial charge in [-0.3, -0.25) is 10.1 Å². The van der Waals surface area contributed by atoms with Gasteiger partial charge in [0.25, 0.3) is 0 Å². The van der Waals surface area contributed by atoms with E-state index in [1.165, 1.54) is 0 Å². The SMILES string of the molecule is CC(C)c1nsc(NC(=O)Nc2ccc(N3CCOCC3)cc2C(=O)C2CCCC2)n1. The Kier molecular flexibility index (Phi) is 6.82. The maximum atomic E-state index is 13.3. The van der Waals surface area contributed by atoms with Crippen molar-refractivity contribution in [2.24, 2.45) is 5.92 Å². The predicted molar refractivity (Wildman–Crippen MR) is 122 cm³/mol. The maximum Gasteiger partial charge on any atom is 0.325 e. The molecule has 8 nitrogen and oxygen atoms in total. The third kappa shape index (κ3) is 5.22. The molecule has 1 aliphatic heterocycles. The molecule has 1 aromatic heterocycles. The second kappa shape index (κ2) is 9.74. The summed E-state index contributed by atoms with van der Waals surface area (Å²) in [5, 5.41) is 6.03. The number of nitrogens with zero attached hydrogens (tertiary/aromatic N) is 3. The van der Waals surface area contributed by atoms with E-state index in [2.05, 4.69) is 24.9 Å². The minimum Gasteiger partial charge on any atom is -0.378 e. The second-order valence-corrected chi connectivity index (χ2v) is 9.12. The van der Waals surface area contributed by atoms with E-state index in [1.54, 1.807) is 0 Å². The molecule has 0 spiro atoms. The number of carbonyl (C=O) groups excluding carboxylic acids is 2. The number of morpholine rings is 1. The van der Waals surface area contributed by atoms with Crippen molar-refractivity contribution in [2.75, 3.05) is 41.8 Å². The van der Waals surface area contributed by atoms with E-state index in [1.807, 2.05) is 32.0 Å². The van der Waals surface area contributed by atoms with Gasteiger partial charge in [-0.05, 0) is 31.0 Å². The first kappa shape index (κ1) is 21.7. The number of urea groups is 1. The summed E-state index contributed by atoms with van der Waals surface area (Å²) in [5.74, 6) is 1.03. The Morgan fingerprint density at radius 2 is 1.90 bits per heavy atom. The quantitative estimate of drug-likeness (QED) is 0.638. The zero-order valence-corrected chi connectivity index (χ0v) is 18.8. The van der Waals surface area contributed by atoms with Crippen molar-refractivity contribution in [3.8, 4) is 0 Å². The number of nitrogens with one attached hydrogen (secondary N) is 2. The fraction of sp³-hybridized carbons (Fsp3) is 0.545. The molecule has 0 radical (unpaired) electrons. The number of anilines is 3. The molecule has 1 saturated heterocycles. The van der Waals surface area contributed by atoms with Crippen LogP contribution in [-0.2, 0) is 4.74 Å². The van der Waals surface area contributed by atoms with Crippen molar-refractivity contribution in [3.05, 3.63) is 29.6 Å². The number of Topliss-reactive ketones (excluding diaryl/α,β-unsaturated/α-hetero) is 1. The summed E-state index contributed by atoms with van der Waals surface area (Å²) < 4.78 is 9.70. The molecular weight excluding hydrogens is 414 g/mol. The van der Waals surface area contributed by atoms with Gasteiger partial charge in [0.05, 0.1) is 18.9 Å². The van der Waals surface area contributed by atoms with Crippen LogP contribution in [0.15, 0.2) is 18.2 Å². The van der Waals surface area contributed by atoms with Gasteiger partial charge < -0.3 is 15.0 Å². The number of amides is 2. The molecule has 2 aromatic rings. The Morgan fingerprint density at radius 3 is 2.58 bits per heavy atom. The summed E-state index contributed by atoms with van der Waals surface area (Å²) in [6.07, 6.45) is 3.99. The van der Waals surface area contributed by atoms with Crippen LogP contribution < -0.4 is 15.5 Å². The first-order valence-corrected chi connectivity index (χ1v) is 11.7. The smallest absolute Gasteiger partial charge is 0.325 e. The average molecular weight is 444 g/mol. The molecule has 1 aromatic carbocycles. The van der Waals surface area contributed by atoms with E-state index in [9.17, 15) is 9.59 Å². The molecule has 2 N–H and O–H groups in total. The lowest BCUT2D eigenvalue weighted by atomic mass is 9.94. The number of benzene rings is 1. The minimum atomic E-state index is -0.425. The van der Waals surface area contributed by atoms with Gasteiger partial charge in [-0.15, -0.1) is 0 Å². The number of hydrogen-bond acceptors (Lipinski definition) is 7. The summed E-state index contributed by atoms with van der Waals surface area (Å²) in [6.45, 7) is 6.94. The first-order valence-electron chi connectivity index (χ1n) is 10.9. The summed E-state index contributed by atoms with van der Waals surface area (Å²) >= 11 is 1.15. The Balaban J connectivity index is 1.54. The van der Waals surface area contributed by atoms with Gasteiger partial charge >= 0.3 is 6.03 Å². The topological polar surface area (TPSA) is 96.5 Å². The monoisotopic (exact) mass is 443 g/mol. The van der Waals surface area contributed by atoms with Crippen molar-refractivity contribution in [3.63, 3.8) is 0 Å². The van der Waals surface area contributed by atoms with Gasteiger partial charge in [0.15, 0.2) is 5.78 Å². The molecule has 2 fully saturated rings. The lowest BCUT2D eigenvalue weighted by molar-refractivity contribution is 0.0923. The number of hydrogen-bond donors (Lipinski definition) is 2. The van der Waals surface area contributed by atoms with Crippen LogP contribution in [0.2, 0.25) is 0 Å². The van der Waals surface area contributed by atoms with Gasteiger partial charge in [-0.25, -0.2) is 9.78 Å². The molecule has 1 aliphatic carbocycles. The highest BCUT2D eigenvalue weighted by atomic mass is 32.1. The Labute approximate surface area is 186 Å². The lowest BCUT2D eigenvalue weighted by Gasteiger charge is -2.29. The van der Waals surface area contributed by atoms with Crippen LogP contribution in [0.1, 0.15) is 61.6 Å². The number of ether oxygens (including phenoxy) is 1. The molecule has 1 saturated carbocycles. The molecule has 2 amide bonds. The molecule has 2 heterocycles. The molecule has 31 heavy (non-hydrogen) atoms. The van der Waals surface area contributed by atoms with Gasteiger partial charge in [-0.1, -0.05) is 26.7 Å². The molecule has 0 bridgehead atoms. The van der Waals surface area contributed by atoms with Crippen molar-refractivity contribution < 1.29 is 14.3 Å². The highest BCUT2D eigenvalue weighted by Gasteiger charge is 2.27. The largest absolute Gasteiger partial charge is 0.378 e. The van der Waals surface area contributed by atoms with E-state index in [0.717, 1.165) is 56.0 Å². The fourth-order valence-electron chi connectivity index (χ4n) is 4.04. The predicted octanol–water partition coefficient (Wildman–Crippen LogP) is 4.52. The molecule has 4 rings (SSSR count). The Morgan fingerprint density at radius 1 is 1.16 bits per heavy atom. The van der Waals surface area contributed by atoms with Crippen molar-refractivity contribution >= 4 is 39.9 Å². The minimum absolute atomic E-state index is 0.0281. The lowest BCUT2D eigenvalue weighted by Crippen LogP contribution is -2.36. The standard InChI is InChI=1S/C22H29N5O3S/c1-14(2)20-24-22(31-26-20)25-21(29)23-18-8-7-16(27-9-11-30-12-10-27)13-17(18)19(28)15-5-3-4-6-15/h7-8,13-15H,3-6,9-12H2,1-2H3,(H2,23,24,25,26,29). The van der Waals surface area contributed by atoms with E-state index in [-0.39, 0.29) is 17.6 Å². The maximum absolute atomic E-state index is 13.3. The molecule has 0 unspecified atom stereocenters. The van der Waals surface area contributed by atoms with Crippen LogP contribution >= 0.6 is 11.5 Å². The van der Waals surface area contributed by atoms with Crippen molar-refractivity contribution in [2.45, 2.75) is 45.4 Å². The molecule has 9 heteroatoms. The van der Waals surface area contributed by atoms with E-state index < -0.39 is 6.03 Å². The van der Waals surface area contributed by atoms with Gasteiger partial charge in [0, 0.05) is 47.7 Å². The molecule has 2 aliphatic rings. The van der Waals surface area contributed by atoms with Crippen molar-refractivity contribution in [1.82, 2.24) is 9.36 Å². The van der Waals surface area contributed by atoms with Crippen LogP contribution in [0.5, 0.6) is 0 Å². The zero-order chi connectivity index (χ0) is 21.8. The highest BCUT2D eigenvalue weighted by Crippen LogP contribution is 2.33. The first-order chi connectivity index (χ1) is 15.0. The van der Waals surface area contributed by atoms with Crippen molar-refractivity contribution in [1.29, 1.82) is 0 Å². The summed E-state index contributed by atoms with van der Waals surface area (Å²) in [6, 6.07) is 5.27. The van der Waals surface area contributed by atoms with Crippen LogP contribution in [0.4, 0.5) is 21.3 Å². The Hall–Kier alpha value is -2.52. The fourth-order valence-corrected chi connectivity index (χ4v) is 4.75.